The molecule has 0 spiro atoms. The van der Waals surface area contributed by atoms with Crippen molar-refractivity contribution in [2.24, 2.45) is 11.7 Å². The number of alkyl halides is 3. The number of hydrogen-bond acceptors (Lipinski definition) is 10. The Bertz CT molecular complexity index is 692. The summed E-state index contributed by atoms with van der Waals surface area (Å²) >= 11 is 0. The van der Waals surface area contributed by atoms with Gasteiger partial charge in [0.05, 0.1) is 26.0 Å². The molecule has 32 heavy (non-hydrogen) atoms. The molecule has 1 aromatic rings. The smallest absolute Gasteiger partial charge is 0.433 e. The third-order valence-electron chi connectivity index (χ3n) is 2.66. The first-order valence-electron chi connectivity index (χ1n) is 9.23. The van der Waals surface area contributed by atoms with Gasteiger partial charge >= 0.3 is 18.1 Å². The van der Waals surface area contributed by atoms with Crippen LogP contribution in [0.1, 0.15) is 50.7 Å². The van der Waals surface area contributed by atoms with Gasteiger partial charge in [0.2, 0.25) is 0 Å². The van der Waals surface area contributed by atoms with Crippen molar-refractivity contribution >= 4 is 17.7 Å². The van der Waals surface area contributed by atoms with E-state index in [2.05, 4.69) is 26.3 Å². The lowest BCUT2D eigenvalue weighted by Crippen LogP contribution is -2.14. The van der Waals surface area contributed by atoms with Gasteiger partial charge in [-0.25, -0.2) is 9.59 Å². The number of rotatable bonds is 7. The number of carbonyl (C=O) groups is 3. The van der Waals surface area contributed by atoms with Crippen molar-refractivity contribution in [2.75, 3.05) is 26.4 Å². The predicted molar refractivity (Wildman–Crippen MR) is 108 cm³/mol. The number of H-pyrrole nitrogens is 1. The molecule has 0 radical (unpaired) electrons. The monoisotopic (exact) mass is 472 g/mol. The van der Waals surface area contributed by atoms with Crippen LogP contribution >= 0.6 is 0 Å². The average Bonchev–Trinajstić information content (AvgIpc) is 3.22. The minimum Gasteiger partial charge on any atom is -0.500 e. The summed E-state index contributed by atoms with van der Waals surface area (Å²) in [4.78, 5) is 33.0. The molecule has 0 amide bonds. The molecule has 1 heterocycles. The third kappa shape index (κ3) is 14.9. The molecule has 0 unspecified atom stereocenters. The number of nitrogens with one attached hydrogen (secondary N) is 1. The van der Waals surface area contributed by atoms with E-state index >= 15 is 0 Å². The summed E-state index contributed by atoms with van der Waals surface area (Å²) in [7, 11) is 0. The lowest BCUT2D eigenvalue weighted by Gasteiger charge is -2.05. The molecular formula is C18H31F3N4O7. The Kier molecular flexibility index (Phi) is 21.0. The van der Waals surface area contributed by atoms with Gasteiger partial charge < -0.3 is 19.3 Å². The maximum absolute atomic E-state index is 12.2. The maximum Gasteiger partial charge on any atom is 0.433 e. The Hall–Kier alpha value is -2.97. The molecular weight excluding hydrogens is 441 g/mol. The number of carbonyl (C=O) groups excluding carboxylic acids is 3. The molecule has 0 atom stereocenters. The Balaban J connectivity index is -0.000000438. The number of ether oxygens (including phenoxy) is 3. The molecule has 0 aromatic carbocycles. The van der Waals surface area contributed by atoms with Gasteiger partial charge in [0.15, 0.2) is 11.5 Å². The summed E-state index contributed by atoms with van der Waals surface area (Å²) in [5, 5.41) is 12.4. The highest BCUT2D eigenvalue weighted by Crippen LogP contribution is 2.30. The van der Waals surface area contributed by atoms with E-state index in [1.54, 1.807) is 25.9 Å². The number of Topliss-reactive ketones (excluding diaryl/α,β-unsaturated/α-hetero) is 1. The molecule has 6 N–H and O–H groups in total. The number of aliphatic hydroxyl groups is 1. The van der Waals surface area contributed by atoms with Crippen LogP contribution < -0.4 is 11.7 Å². The third-order valence-corrected chi connectivity index (χ3v) is 2.66. The molecule has 0 aliphatic heterocycles. The lowest BCUT2D eigenvalue weighted by atomic mass is 10.2. The molecule has 0 fully saturated rings. The van der Waals surface area contributed by atoms with Crippen molar-refractivity contribution in [3.05, 3.63) is 29.3 Å². The SMILES string of the molecule is CCO.CCO/C=C(\C(C)=O)C(=O)OCC.CCOC(=O)c1cn[nH]c1C(F)(F)F.NN. The number of esters is 2. The molecule has 11 nitrogen and oxygen atoms in total. The van der Waals surface area contributed by atoms with E-state index in [1.165, 1.54) is 13.8 Å². The Labute approximate surface area is 183 Å². The molecule has 186 valence electrons. The molecule has 0 saturated carbocycles. The lowest BCUT2D eigenvalue weighted by molar-refractivity contribution is -0.142. The van der Waals surface area contributed by atoms with Crippen molar-refractivity contribution in [3.8, 4) is 0 Å². The van der Waals surface area contributed by atoms with E-state index in [4.69, 9.17) is 9.84 Å². The quantitative estimate of drug-likeness (QED) is 0.0863. The highest BCUT2D eigenvalue weighted by Gasteiger charge is 2.37. The van der Waals surface area contributed by atoms with E-state index < -0.39 is 29.4 Å². The van der Waals surface area contributed by atoms with Gasteiger partial charge in [-0.1, -0.05) is 0 Å². The Morgan fingerprint density at radius 2 is 1.59 bits per heavy atom. The second-order valence-electron chi connectivity index (χ2n) is 4.96. The number of aliphatic hydroxyl groups excluding tert-OH is 1. The minimum atomic E-state index is -4.63. The average molecular weight is 472 g/mol. The second-order valence-corrected chi connectivity index (χ2v) is 4.96. The number of nitrogens with two attached hydrogens (primary N) is 2. The first-order chi connectivity index (χ1) is 15.0. The zero-order valence-electron chi connectivity index (χ0n) is 18.6. The van der Waals surface area contributed by atoms with Crippen LogP contribution in [0.4, 0.5) is 13.2 Å². The number of hydrazine groups is 1. The van der Waals surface area contributed by atoms with Crippen LogP contribution in [-0.2, 0) is 30.0 Å². The number of aromatic nitrogens is 2. The number of nitrogens with zero attached hydrogens (tertiary/aromatic N) is 1. The summed E-state index contributed by atoms with van der Waals surface area (Å²) in [6.07, 6.45) is -2.69. The van der Waals surface area contributed by atoms with E-state index in [9.17, 15) is 27.6 Å². The summed E-state index contributed by atoms with van der Waals surface area (Å²) < 4.78 is 50.5. The van der Waals surface area contributed by atoms with Crippen LogP contribution in [0.25, 0.3) is 0 Å². The minimum absolute atomic E-state index is 0.0152. The largest absolute Gasteiger partial charge is 0.500 e. The number of ketones is 1. The van der Waals surface area contributed by atoms with Crippen LogP contribution in [-0.4, -0.2) is 59.5 Å². The van der Waals surface area contributed by atoms with Crippen molar-refractivity contribution < 1.29 is 46.9 Å². The molecule has 0 aliphatic carbocycles. The zero-order valence-corrected chi connectivity index (χ0v) is 18.6. The Morgan fingerprint density at radius 3 is 1.97 bits per heavy atom. The van der Waals surface area contributed by atoms with E-state index in [-0.39, 0.29) is 31.2 Å². The standard InChI is InChI=1S/C9H14O4.C7H7F3N2O2.C2H6O.H4N2/c1-4-12-6-8(7(3)10)9(11)13-5-2;1-2-14-6(13)4-3-11-12-5(4)7(8,9)10;1-2-3;1-2/h6H,4-5H2,1-3H3;3H,2H2,1H3,(H,11,12);3H,2H2,1H3;1-2H2/b8-6+;;;. The van der Waals surface area contributed by atoms with Gasteiger partial charge in [0.25, 0.3) is 0 Å². The molecule has 0 aliphatic rings. The topological polar surface area (TPSA) is 180 Å². The van der Waals surface area contributed by atoms with Gasteiger partial charge in [-0.2, -0.15) is 18.3 Å². The summed E-state index contributed by atoms with van der Waals surface area (Å²) in [5.41, 5.74) is -1.83. The number of hydrogen-bond donors (Lipinski definition) is 4. The fourth-order valence-corrected chi connectivity index (χ4v) is 1.52. The highest BCUT2D eigenvalue weighted by molar-refractivity contribution is 6.16. The van der Waals surface area contributed by atoms with Crippen LogP contribution in [0, 0.1) is 0 Å². The molecule has 1 aromatic heterocycles. The maximum atomic E-state index is 12.2. The summed E-state index contributed by atoms with van der Waals surface area (Å²) in [6.45, 7) is 8.84. The fraction of sp³-hybridized carbons (Fsp3) is 0.556. The highest BCUT2D eigenvalue weighted by atomic mass is 19.4. The summed E-state index contributed by atoms with van der Waals surface area (Å²) in [5.74, 6) is 5.98. The van der Waals surface area contributed by atoms with Gasteiger partial charge in [-0.15, -0.1) is 0 Å². The first-order valence-corrected chi connectivity index (χ1v) is 9.23. The number of halogens is 3. The van der Waals surface area contributed by atoms with Crippen LogP contribution in [0.3, 0.4) is 0 Å². The van der Waals surface area contributed by atoms with Crippen LogP contribution in [0.5, 0.6) is 0 Å². The molecule has 14 heteroatoms. The Morgan fingerprint density at radius 1 is 1.09 bits per heavy atom. The van der Waals surface area contributed by atoms with Gasteiger partial charge in [0, 0.05) is 6.61 Å². The zero-order chi connectivity index (χ0) is 25.7. The molecule has 0 saturated heterocycles. The normalized spacial score (nSPS) is 10.2. The van der Waals surface area contributed by atoms with E-state index in [0.717, 1.165) is 12.5 Å². The van der Waals surface area contributed by atoms with Crippen molar-refractivity contribution in [1.29, 1.82) is 0 Å². The van der Waals surface area contributed by atoms with Gasteiger partial charge in [0.1, 0.15) is 17.4 Å². The first kappa shape index (κ1) is 33.7. The second kappa shape index (κ2) is 20.0. The van der Waals surface area contributed by atoms with Gasteiger partial charge in [-0.05, 0) is 34.6 Å². The van der Waals surface area contributed by atoms with Crippen molar-refractivity contribution in [1.82, 2.24) is 10.2 Å². The predicted octanol–water partition coefficient (Wildman–Crippen LogP) is 1.48. The van der Waals surface area contributed by atoms with Crippen molar-refractivity contribution in [2.45, 2.75) is 40.8 Å². The van der Waals surface area contributed by atoms with Crippen LogP contribution in [0.2, 0.25) is 0 Å². The van der Waals surface area contributed by atoms with Crippen molar-refractivity contribution in [3.63, 3.8) is 0 Å². The van der Waals surface area contributed by atoms with E-state index in [1.807, 2.05) is 0 Å². The summed E-state index contributed by atoms with van der Waals surface area (Å²) in [6, 6.07) is 0. The molecule has 0 bridgehead atoms. The number of aromatic amines is 1. The van der Waals surface area contributed by atoms with E-state index in [0.29, 0.717) is 6.61 Å². The van der Waals surface area contributed by atoms with Gasteiger partial charge in [-0.3, -0.25) is 21.6 Å². The van der Waals surface area contributed by atoms with Crippen LogP contribution in [0.15, 0.2) is 18.0 Å². The molecule has 1 rings (SSSR count). The fourth-order valence-electron chi connectivity index (χ4n) is 1.52.